The Morgan fingerprint density at radius 3 is 1.62 bits per heavy atom. The molecule has 0 aliphatic heterocycles. The summed E-state index contributed by atoms with van der Waals surface area (Å²) in [6.45, 7) is 5.75. The Kier molecular flexibility index (Phi) is 8.68. The number of unbranched alkanes of at least 4 members (excludes halogenated alkanes) is 2. The molecule has 0 N–H and O–H groups in total. The molecule has 0 fully saturated rings. The van der Waals surface area contributed by atoms with Crippen LogP contribution in [0.4, 0.5) is 0 Å². The van der Waals surface area contributed by atoms with Crippen LogP contribution >= 0.6 is 11.7 Å². The second-order valence-electron chi connectivity index (χ2n) is 9.33. The average molecular weight is 540 g/mol. The van der Waals surface area contributed by atoms with Crippen molar-refractivity contribution < 1.29 is 14.2 Å². The standard InChI is InChI=1S/C32H33N3O3S/c1-4-6-20-37-26-16-8-22(9-17-26)28-29(23-10-14-25(36-3)15-11-23)33-30(32-31(28)34-39-35-32)24-12-18-27(19-13-24)38-21-7-5-2/h8-19H,4-7,20-21H2,1-3H3. The normalized spacial score (nSPS) is 11.1. The summed E-state index contributed by atoms with van der Waals surface area (Å²) >= 11 is 1.20. The summed E-state index contributed by atoms with van der Waals surface area (Å²) in [7, 11) is 1.67. The Bertz CT molecular complexity index is 1500. The van der Waals surface area contributed by atoms with Gasteiger partial charge in [0.2, 0.25) is 0 Å². The quantitative estimate of drug-likeness (QED) is 0.148. The van der Waals surface area contributed by atoms with Crippen LogP contribution in [0.1, 0.15) is 39.5 Å². The van der Waals surface area contributed by atoms with E-state index in [1.807, 2.05) is 60.7 Å². The minimum Gasteiger partial charge on any atom is -0.497 e. The molecule has 3 aromatic carbocycles. The van der Waals surface area contributed by atoms with Crippen molar-refractivity contribution in [1.82, 2.24) is 13.7 Å². The van der Waals surface area contributed by atoms with Gasteiger partial charge in [-0.05, 0) is 79.1 Å². The van der Waals surface area contributed by atoms with Crippen molar-refractivity contribution >= 4 is 22.8 Å². The van der Waals surface area contributed by atoms with E-state index in [4.69, 9.17) is 23.6 Å². The number of ether oxygens (including phenoxy) is 3. The van der Waals surface area contributed by atoms with Crippen LogP contribution < -0.4 is 14.2 Å². The number of rotatable bonds is 12. The van der Waals surface area contributed by atoms with Gasteiger partial charge in [-0.25, -0.2) is 4.98 Å². The number of pyridine rings is 1. The van der Waals surface area contributed by atoms with Crippen LogP contribution in [0.5, 0.6) is 17.2 Å². The molecule has 5 rings (SSSR count). The summed E-state index contributed by atoms with van der Waals surface area (Å²) in [6.07, 6.45) is 4.27. The van der Waals surface area contributed by atoms with Crippen molar-refractivity contribution in [2.45, 2.75) is 39.5 Å². The zero-order valence-corrected chi connectivity index (χ0v) is 23.5. The Morgan fingerprint density at radius 1 is 0.590 bits per heavy atom. The molecule has 0 unspecified atom stereocenters. The highest BCUT2D eigenvalue weighted by Crippen LogP contribution is 2.41. The highest BCUT2D eigenvalue weighted by Gasteiger charge is 2.21. The van der Waals surface area contributed by atoms with Gasteiger partial charge < -0.3 is 14.2 Å². The van der Waals surface area contributed by atoms with Gasteiger partial charge in [0.1, 0.15) is 34.0 Å². The van der Waals surface area contributed by atoms with Crippen LogP contribution in [0.3, 0.4) is 0 Å². The molecule has 0 atom stereocenters. The van der Waals surface area contributed by atoms with E-state index in [9.17, 15) is 0 Å². The molecule has 2 aromatic heterocycles. The molecule has 0 saturated carbocycles. The fourth-order valence-corrected chi connectivity index (χ4v) is 4.92. The Balaban J connectivity index is 1.61. The first-order valence-electron chi connectivity index (χ1n) is 13.5. The monoisotopic (exact) mass is 539 g/mol. The molecule has 0 radical (unpaired) electrons. The third kappa shape index (κ3) is 6.04. The Labute approximate surface area is 233 Å². The average Bonchev–Trinajstić information content (AvgIpc) is 3.48. The molecular weight excluding hydrogens is 506 g/mol. The Hall–Kier alpha value is -3.97. The van der Waals surface area contributed by atoms with Crippen molar-refractivity contribution in [3.63, 3.8) is 0 Å². The molecule has 0 aliphatic rings. The smallest absolute Gasteiger partial charge is 0.131 e. The fourth-order valence-electron chi connectivity index (χ4n) is 4.37. The summed E-state index contributed by atoms with van der Waals surface area (Å²) in [4.78, 5) is 5.22. The summed E-state index contributed by atoms with van der Waals surface area (Å²) in [5.41, 5.74) is 7.17. The summed E-state index contributed by atoms with van der Waals surface area (Å²) in [6, 6.07) is 24.2. The van der Waals surface area contributed by atoms with Crippen molar-refractivity contribution in [2.75, 3.05) is 20.3 Å². The molecule has 200 valence electrons. The van der Waals surface area contributed by atoms with Crippen LogP contribution in [-0.4, -0.2) is 34.1 Å². The maximum absolute atomic E-state index is 5.90. The molecule has 6 nitrogen and oxygen atoms in total. The van der Waals surface area contributed by atoms with E-state index in [2.05, 4.69) is 30.4 Å². The van der Waals surface area contributed by atoms with Gasteiger partial charge >= 0.3 is 0 Å². The molecule has 39 heavy (non-hydrogen) atoms. The van der Waals surface area contributed by atoms with Gasteiger partial charge in [-0.2, -0.15) is 8.75 Å². The molecular formula is C32H33N3O3S. The van der Waals surface area contributed by atoms with Gasteiger partial charge in [-0.15, -0.1) is 0 Å². The van der Waals surface area contributed by atoms with Crippen LogP contribution in [0.15, 0.2) is 72.8 Å². The van der Waals surface area contributed by atoms with Crippen molar-refractivity contribution in [3.8, 4) is 50.9 Å². The number of benzene rings is 3. The third-order valence-electron chi connectivity index (χ3n) is 6.58. The van der Waals surface area contributed by atoms with E-state index in [0.717, 1.165) is 87.6 Å². The van der Waals surface area contributed by atoms with E-state index >= 15 is 0 Å². The van der Waals surface area contributed by atoms with Crippen molar-refractivity contribution in [2.24, 2.45) is 0 Å². The molecule has 0 saturated heterocycles. The second kappa shape index (κ2) is 12.7. The van der Waals surface area contributed by atoms with Gasteiger partial charge in [-0.3, -0.25) is 0 Å². The third-order valence-corrected chi connectivity index (χ3v) is 7.11. The summed E-state index contributed by atoms with van der Waals surface area (Å²) < 4.78 is 26.6. The van der Waals surface area contributed by atoms with E-state index in [0.29, 0.717) is 13.2 Å². The van der Waals surface area contributed by atoms with Gasteiger partial charge in [0.25, 0.3) is 0 Å². The SMILES string of the molecule is CCCCOc1ccc(-c2nc(-c3ccc(OC)cc3)c(-c3ccc(OCCCC)cc3)c3nsnc23)cc1. The lowest BCUT2D eigenvalue weighted by Gasteiger charge is -2.14. The highest BCUT2D eigenvalue weighted by molar-refractivity contribution is 7.00. The largest absolute Gasteiger partial charge is 0.497 e. The van der Waals surface area contributed by atoms with Crippen molar-refractivity contribution in [1.29, 1.82) is 0 Å². The number of fused-ring (bicyclic) bond motifs is 1. The van der Waals surface area contributed by atoms with Crippen LogP contribution in [0.25, 0.3) is 44.7 Å². The fraction of sp³-hybridized carbons (Fsp3) is 0.281. The lowest BCUT2D eigenvalue weighted by molar-refractivity contribution is 0.309. The maximum atomic E-state index is 5.90. The number of methoxy groups -OCH3 is 1. The first-order valence-corrected chi connectivity index (χ1v) is 14.2. The summed E-state index contributed by atoms with van der Waals surface area (Å²) in [5.74, 6) is 2.51. The van der Waals surface area contributed by atoms with E-state index in [-0.39, 0.29) is 0 Å². The zero-order chi connectivity index (χ0) is 27.0. The van der Waals surface area contributed by atoms with E-state index < -0.39 is 0 Å². The van der Waals surface area contributed by atoms with E-state index in [1.54, 1.807) is 7.11 Å². The molecule has 5 aromatic rings. The van der Waals surface area contributed by atoms with Crippen LogP contribution in [0, 0.1) is 0 Å². The van der Waals surface area contributed by atoms with Gasteiger partial charge in [0, 0.05) is 16.7 Å². The zero-order valence-electron chi connectivity index (χ0n) is 22.6. The number of hydrogen-bond acceptors (Lipinski definition) is 7. The molecule has 0 spiro atoms. The molecule has 7 heteroatoms. The lowest BCUT2D eigenvalue weighted by atomic mass is 9.96. The Morgan fingerprint density at radius 2 is 1.08 bits per heavy atom. The minimum atomic E-state index is 0.714. The van der Waals surface area contributed by atoms with Gasteiger partial charge in [0.15, 0.2) is 0 Å². The number of aromatic nitrogens is 3. The summed E-state index contributed by atoms with van der Waals surface area (Å²) in [5, 5.41) is 0. The van der Waals surface area contributed by atoms with Crippen LogP contribution in [-0.2, 0) is 0 Å². The maximum Gasteiger partial charge on any atom is 0.131 e. The second-order valence-corrected chi connectivity index (χ2v) is 9.86. The first kappa shape index (κ1) is 26.6. The predicted molar refractivity (Wildman–Crippen MR) is 159 cm³/mol. The molecule has 2 heterocycles. The number of hydrogen-bond donors (Lipinski definition) is 0. The van der Waals surface area contributed by atoms with Gasteiger partial charge in [-0.1, -0.05) is 38.8 Å². The molecule has 0 bridgehead atoms. The number of nitrogens with zero attached hydrogens (tertiary/aromatic N) is 3. The van der Waals surface area contributed by atoms with Crippen LogP contribution in [0.2, 0.25) is 0 Å². The molecule has 0 aliphatic carbocycles. The molecule has 0 amide bonds. The highest BCUT2D eigenvalue weighted by atomic mass is 32.1. The van der Waals surface area contributed by atoms with Crippen molar-refractivity contribution in [3.05, 3.63) is 72.8 Å². The van der Waals surface area contributed by atoms with Gasteiger partial charge in [0.05, 0.1) is 37.7 Å². The lowest BCUT2D eigenvalue weighted by Crippen LogP contribution is -1.98. The topological polar surface area (TPSA) is 66.4 Å². The van der Waals surface area contributed by atoms with E-state index in [1.165, 1.54) is 11.7 Å². The first-order chi connectivity index (χ1) is 19.2. The minimum absolute atomic E-state index is 0.714. The predicted octanol–water partition coefficient (Wildman–Crippen LogP) is 8.45.